The largest absolute Gasteiger partial charge is 0.480 e. The van der Waals surface area contributed by atoms with Crippen LogP contribution in [0.1, 0.15) is 42.7 Å². The fourth-order valence-electron chi connectivity index (χ4n) is 5.10. The van der Waals surface area contributed by atoms with E-state index in [1.54, 1.807) is 0 Å². The van der Waals surface area contributed by atoms with E-state index in [2.05, 4.69) is 34.9 Å². The highest BCUT2D eigenvalue weighted by Gasteiger charge is 2.33. The molecule has 2 aromatic carbocycles. The van der Waals surface area contributed by atoms with Crippen molar-refractivity contribution in [1.82, 2.24) is 10.6 Å². The quantitative estimate of drug-likeness (QED) is 0.523. The van der Waals surface area contributed by atoms with Crippen molar-refractivity contribution in [2.24, 2.45) is 5.92 Å². The fourth-order valence-corrected chi connectivity index (χ4v) is 5.10. The van der Waals surface area contributed by atoms with E-state index < -0.39 is 18.1 Å². The average Bonchev–Trinajstić information content (AvgIpc) is 3.39. The zero-order chi connectivity index (χ0) is 24.1. The summed E-state index contributed by atoms with van der Waals surface area (Å²) in [5, 5.41) is 14.6. The van der Waals surface area contributed by atoms with Crippen LogP contribution in [0.4, 0.5) is 4.79 Å². The minimum Gasteiger partial charge on any atom is -0.480 e. The molecule has 8 nitrogen and oxygen atoms in total. The molecule has 34 heavy (non-hydrogen) atoms. The molecule has 1 saturated carbocycles. The summed E-state index contributed by atoms with van der Waals surface area (Å²) in [7, 11) is 1.38. The zero-order valence-electron chi connectivity index (χ0n) is 19.2. The minimum absolute atomic E-state index is 0.0166. The molecule has 3 atom stereocenters. The Bertz CT molecular complexity index is 1010. The molecular weight excluding hydrogens is 436 g/mol. The number of ether oxygens (including phenoxy) is 2. The van der Waals surface area contributed by atoms with Crippen LogP contribution in [0.2, 0.25) is 0 Å². The van der Waals surface area contributed by atoms with Gasteiger partial charge in [-0.25, -0.2) is 9.59 Å². The van der Waals surface area contributed by atoms with Crippen molar-refractivity contribution >= 4 is 18.0 Å². The van der Waals surface area contributed by atoms with E-state index in [0.717, 1.165) is 30.4 Å². The first kappa shape index (κ1) is 23.8. The number of carbonyl (C=O) groups is 3. The highest BCUT2D eigenvalue weighted by Crippen LogP contribution is 2.44. The maximum Gasteiger partial charge on any atom is 0.407 e. The van der Waals surface area contributed by atoms with Crippen LogP contribution >= 0.6 is 0 Å². The van der Waals surface area contributed by atoms with Crippen molar-refractivity contribution in [1.29, 1.82) is 0 Å². The van der Waals surface area contributed by atoms with Gasteiger partial charge in [-0.15, -0.1) is 0 Å². The normalized spacial score (nSPS) is 19.7. The number of carbonyl (C=O) groups excluding carboxylic acids is 2. The molecule has 0 aromatic heterocycles. The number of carboxylic acid groups (broad SMARTS) is 1. The molecule has 3 N–H and O–H groups in total. The third kappa shape index (κ3) is 5.22. The fraction of sp³-hybridized carbons (Fsp3) is 0.423. The zero-order valence-corrected chi connectivity index (χ0v) is 19.2. The van der Waals surface area contributed by atoms with Crippen molar-refractivity contribution in [3.05, 3.63) is 59.7 Å². The van der Waals surface area contributed by atoms with Crippen LogP contribution in [-0.2, 0) is 19.1 Å². The summed E-state index contributed by atoms with van der Waals surface area (Å²) in [6.45, 7) is 0.127. The van der Waals surface area contributed by atoms with Crippen molar-refractivity contribution in [2.75, 3.05) is 20.3 Å². The van der Waals surface area contributed by atoms with E-state index in [0.29, 0.717) is 0 Å². The Morgan fingerprint density at radius 2 is 1.68 bits per heavy atom. The van der Waals surface area contributed by atoms with Crippen molar-refractivity contribution in [3.8, 4) is 11.1 Å². The predicted molar refractivity (Wildman–Crippen MR) is 125 cm³/mol. The lowest BCUT2D eigenvalue weighted by Gasteiger charge is -2.22. The Kier molecular flexibility index (Phi) is 7.47. The van der Waals surface area contributed by atoms with Gasteiger partial charge in [-0.2, -0.15) is 0 Å². The number of nitrogens with one attached hydrogen (secondary N) is 2. The number of hydrogen-bond donors (Lipinski definition) is 3. The van der Waals surface area contributed by atoms with Gasteiger partial charge >= 0.3 is 12.1 Å². The molecule has 0 spiro atoms. The van der Waals surface area contributed by atoms with Gasteiger partial charge in [0.05, 0.1) is 6.61 Å². The van der Waals surface area contributed by atoms with Gasteiger partial charge in [-0.05, 0) is 41.0 Å². The Morgan fingerprint density at radius 1 is 1.03 bits per heavy atom. The van der Waals surface area contributed by atoms with Crippen LogP contribution < -0.4 is 10.6 Å². The number of aliphatic carboxylic acids is 1. The van der Waals surface area contributed by atoms with Gasteiger partial charge in [0.1, 0.15) is 6.61 Å². The Balaban J connectivity index is 1.32. The first-order chi connectivity index (χ1) is 16.5. The van der Waals surface area contributed by atoms with E-state index in [9.17, 15) is 19.5 Å². The molecule has 0 saturated heterocycles. The van der Waals surface area contributed by atoms with Crippen molar-refractivity contribution in [2.45, 2.75) is 43.7 Å². The van der Waals surface area contributed by atoms with Gasteiger partial charge < -0.3 is 25.2 Å². The molecule has 0 heterocycles. The first-order valence-corrected chi connectivity index (χ1v) is 11.6. The predicted octanol–water partition coefficient (Wildman–Crippen LogP) is 3.30. The molecule has 2 aliphatic rings. The second kappa shape index (κ2) is 10.7. The molecule has 2 amide bonds. The number of methoxy groups -OCH3 is 1. The van der Waals surface area contributed by atoms with Gasteiger partial charge in [-0.1, -0.05) is 55.0 Å². The summed E-state index contributed by atoms with van der Waals surface area (Å²) in [4.78, 5) is 36.3. The van der Waals surface area contributed by atoms with Crippen LogP contribution in [0.25, 0.3) is 11.1 Å². The van der Waals surface area contributed by atoms with E-state index >= 15 is 0 Å². The van der Waals surface area contributed by atoms with Gasteiger partial charge in [0.25, 0.3) is 0 Å². The summed E-state index contributed by atoms with van der Waals surface area (Å²) < 4.78 is 10.5. The van der Waals surface area contributed by atoms with Crippen molar-refractivity contribution < 1.29 is 29.0 Å². The number of hydrogen-bond acceptors (Lipinski definition) is 5. The summed E-state index contributed by atoms with van der Waals surface area (Å²) in [5.74, 6) is -1.60. The highest BCUT2D eigenvalue weighted by molar-refractivity contribution is 5.84. The Hall–Kier alpha value is -3.39. The maximum atomic E-state index is 12.6. The smallest absolute Gasteiger partial charge is 0.407 e. The lowest BCUT2D eigenvalue weighted by atomic mass is 9.98. The van der Waals surface area contributed by atoms with Gasteiger partial charge in [-0.3, -0.25) is 4.79 Å². The number of rotatable bonds is 9. The highest BCUT2D eigenvalue weighted by atomic mass is 16.5. The molecular formula is C26H30N2O6. The molecule has 8 heteroatoms. The SMILES string of the molecule is COC[C@H](NC(=O)C[C@@H]1CCC[C@H]1NC(=O)OCC1c2ccccc2-c2ccccc21)C(=O)O. The number of carboxylic acids is 1. The van der Waals surface area contributed by atoms with E-state index in [-0.39, 0.29) is 43.4 Å². The van der Waals surface area contributed by atoms with Gasteiger partial charge in [0.2, 0.25) is 5.91 Å². The minimum atomic E-state index is -1.14. The van der Waals surface area contributed by atoms with Crippen molar-refractivity contribution in [3.63, 3.8) is 0 Å². The first-order valence-electron chi connectivity index (χ1n) is 11.6. The third-order valence-corrected chi connectivity index (χ3v) is 6.72. The molecule has 2 aliphatic carbocycles. The number of amides is 2. The van der Waals surface area contributed by atoms with Crippen LogP contribution in [0.15, 0.2) is 48.5 Å². The van der Waals surface area contributed by atoms with E-state index in [1.165, 1.54) is 18.2 Å². The summed E-state index contributed by atoms with van der Waals surface area (Å²) in [6, 6.07) is 15.0. The number of fused-ring (bicyclic) bond motifs is 3. The molecule has 4 rings (SSSR count). The van der Waals surface area contributed by atoms with Gasteiger partial charge in [0.15, 0.2) is 6.04 Å². The van der Waals surface area contributed by atoms with Crippen LogP contribution in [-0.4, -0.2) is 55.5 Å². The molecule has 0 radical (unpaired) electrons. The molecule has 0 unspecified atom stereocenters. The lowest BCUT2D eigenvalue weighted by Crippen LogP contribution is -2.45. The van der Waals surface area contributed by atoms with Gasteiger partial charge in [0, 0.05) is 25.5 Å². The van der Waals surface area contributed by atoms with Crippen LogP contribution in [0, 0.1) is 5.92 Å². The second-order valence-corrected chi connectivity index (χ2v) is 8.89. The monoisotopic (exact) mass is 466 g/mol. The summed E-state index contributed by atoms with van der Waals surface area (Å²) >= 11 is 0. The lowest BCUT2D eigenvalue weighted by molar-refractivity contribution is -0.143. The summed E-state index contributed by atoms with van der Waals surface area (Å²) in [6.07, 6.45) is 2.06. The Labute approximate surface area is 198 Å². The maximum absolute atomic E-state index is 12.6. The average molecular weight is 467 g/mol. The Morgan fingerprint density at radius 3 is 2.29 bits per heavy atom. The number of benzene rings is 2. The number of alkyl carbamates (subject to hydrolysis) is 1. The van der Waals surface area contributed by atoms with E-state index in [4.69, 9.17) is 9.47 Å². The second-order valence-electron chi connectivity index (χ2n) is 8.89. The molecule has 0 bridgehead atoms. The molecule has 1 fully saturated rings. The molecule has 0 aliphatic heterocycles. The standard InChI is InChI=1S/C26H30N2O6/c1-33-15-23(25(30)31)27-24(29)13-16-7-6-12-22(16)28-26(32)34-14-21-19-10-4-2-8-17(19)18-9-3-5-11-20(18)21/h2-5,8-11,16,21-23H,6-7,12-15H2,1H3,(H,27,29)(H,28,32)(H,30,31)/t16-,22+,23-/m0/s1. The molecule has 180 valence electrons. The topological polar surface area (TPSA) is 114 Å². The third-order valence-electron chi connectivity index (χ3n) is 6.72. The van der Waals surface area contributed by atoms with Crippen LogP contribution in [0.3, 0.4) is 0 Å². The van der Waals surface area contributed by atoms with E-state index in [1.807, 2.05) is 24.3 Å². The summed E-state index contributed by atoms with van der Waals surface area (Å²) in [5.41, 5.74) is 4.64. The molecule has 2 aromatic rings. The van der Waals surface area contributed by atoms with Crippen LogP contribution in [0.5, 0.6) is 0 Å².